The Morgan fingerprint density at radius 2 is 1.47 bits per heavy atom. The average Bonchev–Trinajstić information content (AvgIpc) is 2.40. The van der Waals surface area contributed by atoms with E-state index >= 15 is 0 Å². The van der Waals surface area contributed by atoms with Crippen LogP contribution >= 0.6 is 0 Å². The number of rotatable bonds is 3. The second kappa shape index (κ2) is 5.38. The Kier molecular flexibility index (Phi) is 3.83. The van der Waals surface area contributed by atoms with Gasteiger partial charge < -0.3 is 17.4 Å². The second-order valence-corrected chi connectivity index (χ2v) is 4.98. The lowest BCUT2D eigenvalue weighted by atomic mass is 10.2. The summed E-state index contributed by atoms with van der Waals surface area (Å²) in [4.78, 5) is 11.4. The molecular formula is C15H15NO2S. The van der Waals surface area contributed by atoms with Crippen LogP contribution in [0.4, 0.5) is 10.5 Å². The minimum absolute atomic E-state index is 0.0426. The molecule has 0 saturated carbocycles. The molecule has 0 bridgehead atoms. The number of carbonyl (C=O) groups is 1. The molecule has 2 aromatic rings. The topological polar surface area (TPSA) is 26.3 Å². The van der Waals surface area contributed by atoms with Gasteiger partial charge in [-0.3, -0.25) is 9.28 Å². The van der Waals surface area contributed by atoms with Gasteiger partial charge in [-0.15, -0.1) is 0 Å². The van der Waals surface area contributed by atoms with Crippen LogP contribution in [0.25, 0.3) is 0 Å². The number of quaternary nitrogens is 1. The quantitative estimate of drug-likeness (QED) is 0.630. The van der Waals surface area contributed by atoms with Crippen LogP contribution in [0.1, 0.15) is 0 Å². The van der Waals surface area contributed by atoms with Crippen molar-refractivity contribution in [1.29, 1.82) is 0 Å². The van der Waals surface area contributed by atoms with Crippen LogP contribution < -0.4 is 9.22 Å². The molecule has 0 unspecified atom stereocenters. The van der Waals surface area contributed by atoms with Gasteiger partial charge in [0.25, 0.3) is 0 Å². The summed E-state index contributed by atoms with van der Waals surface area (Å²) in [5.41, 5.74) is 0.834. The van der Waals surface area contributed by atoms with Gasteiger partial charge >= 0.3 is 0 Å². The van der Waals surface area contributed by atoms with Crippen molar-refractivity contribution in [2.45, 2.75) is 0 Å². The minimum atomic E-state index is -0.322. The van der Waals surface area contributed by atoms with Crippen molar-refractivity contribution in [2.24, 2.45) is 0 Å². The Labute approximate surface area is 118 Å². The van der Waals surface area contributed by atoms with Gasteiger partial charge in [-0.1, -0.05) is 18.2 Å². The van der Waals surface area contributed by atoms with Gasteiger partial charge in [-0.25, -0.2) is 0 Å². The third kappa shape index (κ3) is 3.10. The largest absolute Gasteiger partial charge is 0.675 e. The van der Waals surface area contributed by atoms with Crippen LogP contribution in [-0.2, 0) is 12.6 Å². The fourth-order valence-corrected chi connectivity index (χ4v) is 1.72. The first kappa shape index (κ1) is 13.5. The zero-order valence-corrected chi connectivity index (χ0v) is 11.7. The van der Waals surface area contributed by atoms with E-state index in [9.17, 15) is 4.79 Å². The lowest BCUT2D eigenvalue weighted by Gasteiger charge is -2.29. The summed E-state index contributed by atoms with van der Waals surface area (Å²) >= 11 is 4.74. The summed E-state index contributed by atoms with van der Waals surface area (Å²) in [5.74, 6) is 1.51. The molecule has 0 spiro atoms. The molecular weight excluding hydrogens is 258 g/mol. The van der Waals surface area contributed by atoms with Crippen molar-refractivity contribution in [3.05, 3.63) is 54.6 Å². The fourth-order valence-electron chi connectivity index (χ4n) is 1.62. The molecule has 2 rings (SSSR count). The molecule has 19 heavy (non-hydrogen) atoms. The molecule has 0 atom stereocenters. The number of ether oxygens (including phenoxy) is 1. The van der Waals surface area contributed by atoms with E-state index < -0.39 is 0 Å². The van der Waals surface area contributed by atoms with E-state index in [1.807, 2.05) is 54.6 Å². The van der Waals surface area contributed by atoms with Gasteiger partial charge in [0.05, 0.1) is 14.1 Å². The Bertz CT molecular complexity index is 564. The van der Waals surface area contributed by atoms with E-state index in [0.29, 0.717) is 0 Å². The molecule has 0 fully saturated rings. The molecule has 3 nitrogen and oxygen atoms in total. The van der Waals surface area contributed by atoms with Gasteiger partial charge in [0.2, 0.25) is 5.24 Å². The molecule has 0 radical (unpaired) electrons. The number of hydrogen-bond acceptors (Lipinski definition) is 3. The highest BCUT2D eigenvalue weighted by Gasteiger charge is 2.20. The SMILES string of the molecule is C[N+](C)(C(=O)[S-])c1ccc(Oc2ccccc2)cc1. The van der Waals surface area contributed by atoms with Gasteiger partial charge in [-0.05, 0) is 24.3 Å². The third-order valence-electron chi connectivity index (χ3n) is 2.92. The van der Waals surface area contributed by atoms with Crippen LogP contribution in [0.15, 0.2) is 54.6 Å². The number of benzene rings is 2. The summed E-state index contributed by atoms with van der Waals surface area (Å²) < 4.78 is 5.73. The number of carbonyl (C=O) groups excluding carboxylic acids is 1. The molecule has 98 valence electrons. The molecule has 0 heterocycles. The lowest BCUT2D eigenvalue weighted by Crippen LogP contribution is -2.44. The molecule has 0 aliphatic rings. The Balaban J connectivity index is 2.18. The summed E-state index contributed by atoms with van der Waals surface area (Å²) in [5, 5.41) is -0.322. The van der Waals surface area contributed by atoms with E-state index in [1.54, 1.807) is 14.1 Å². The van der Waals surface area contributed by atoms with Gasteiger partial charge in [-0.2, -0.15) is 0 Å². The number of nitrogens with zero attached hydrogens (tertiary/aromatic N) is 1. The molecule has 2 aromatic carbocycles. The van der Waals surface area contributed by atoms with E-state index in [-0.39, 0.29) is 9.72 Å². The van der Waals surface area contributed by atoms with Gasteiger partial charge in [0, 0.05) is 12.1 Å². The van der Waals surface area contributed by atoms with Crippen LogP contribution in [0.2, 0.25) is 0 Å². The van der Waals surface area contributed by atoms with Gasteiger partial charge in [0.1, 0.15) is 17.2 Å². The van der Waals surface area contributed by atoms with Crippen molar-refractivity contribution in [2.75, 3.05) is 14.1 Å². The van der Waals surface area contributed by atoms with Crippen molar-refractivity contribution >= 4 is 23.6 Å². The maximum Gasteiger partial charge on any atom is 0.203 e. The van der Waals surface area contributed by atoms with Crippen LogP contribution in [-0.4, -0.2) is 19.3 Å². The van der Waals surface area contributed by atoms with Crippen LogP contribution in [0.3, 0.4) is 0 Å². The fraction of sp³-hybridized carbons (Fsp3) is 0.133. The smallest absolute Gasteiger partial charge is 0.203 e. The molecule has 0 saturated heterocycles. The molecule has 1 amide bonds. The monoisotopic (exact) mass is 273 g/mol. The predicted octanol–water partition coefficient (Wildman–Crippen LogP) is 3.71. The predicted molar refractivity (Wildman–Crippen MR) is 79.4 cm³/mol. The van der Waals surface area contributed by atoms with Crippen LogP contribution in [0.5, 0.6) is 11.5 Å². The van der Waals surface area contributed by atoms with E-state index in [4.69, 9.17) is 17.4 Å². The Hall–Kier alpha value is -1.91. The normalized spacial score (nSPS) is 11.1. The van der Waals surface area contributed by atoms with E-state index in [0.717, 1.165) is 17.2 Å². The van der Waals surface area contributed by atoms with Gasteiger partial charge in [0.15, 0.2) is 0 Å². The maximum absolute atomic E-state index is 11.4. The zero-order valence-electron chi connectivity index (χ0n) is 10.9. The average molecular weight is 273 g/mol. The summed E-state index contributed by atoms with van der Waals surface area (Å²) in [6, 6.07) is 16.9. The summed E-state index contributed by atoms with van der Waals surface area (Å²) in [6.45, 7) is 0. The molecule has 0 aromatic heterocycles. The first-order chi connectivity index (χ1) is 9.00. The van der Waals surface area contributed by atoms with E-state index in [2.05, 4.69) is 0 Å². The van der Waals surface area contributed by atoms with Crippen molar-refractivity contribution in [3.8, 4) is 11.5 Å². The molecule has 4 heteroatoms. The van der Waals surface area contributed by atoms with Crippen molar-refractivity contribution in [3.63, 3.8) is 0 Å². The maximum atomic E-state index is 11.4. The van der Waals surface area contributed by atoms with E-state index in [1.165, 1.54) is 0 Å². The highest BCUT2D eigenvalue weighted by atomic mass is 32.1. The highest BCUT2D eigenvalue weighted by Crippen LogP contribution is 2.26. The molecule has 0 aliphatic heterocycles. The third-order valence-corrected chi connectivity index (χ3v) is 3.37. The minimum Gasteiger partial charge on any atom is -0.675 e. The number of para-hydroxylation sites is 1. The Morgan fingerprint density at radius 3 is 2.00 bits per heavy atom. The standard InChI is InChI=1S/C15H15NO2S/c1-16(2,15(17)19)12-8-10-14(11-9-12)18-13-6-4-3-5-7-13/h3-11H,1-2H3. The van der Waals surface area contributed by atoms with Crippen LogP contribution in [0, 0.1) is 0 Å². The highest BCUT2D eigenvalue weighted by molar-refractivity contribution is 7.77. The van der Waals surface area contributed by atoms with Crippen molar-refractivity contribution < 1.29 is 9.53 Å². The number of amides is 1. The first-order valence-electron chi connectivity index (χ1n) is 5.89. The van der Waals surface area contributed by atoms with Crippen molar-refractivity contribution in [1.82, 2.24) is 4.48 Å². The second-order valence-electron chi connectivity index (χ2n) is 4.63. The summed E-state index contributed by atoms with van der Waals surface area (Å²) in [7, 11) is 3.53. The molecule has 0 N–H and O–H groups in total. The molecule has 0 aliphatic carbocycles. The lowest BCUT2D eigenvalue weighted by molar-refractivity contribution is 0.241. The summed E-state index contributed by atoms with van der Waals surface area (Å²) in [6.07, 6.45) is 0. The zero-order chi connectivity index (χ0) is 13.9. The first-order valence-corrected chi connectivity index (χ1v) is 6.30. The Morgan fingerprint density at radius 1 is 0.947 bits per heavy atom. The number of hydrogen-bond donors (Lipinski definition) is 0.